The average molecular weight is 442 g/mol. The first-order valence-electron chi connectivity index (χ1n) is 11.0. The topological polar surface area (TPSA) is 78.5 Å². The van der Waals surface area contributed by atoms with Gasteiger partial charge < -0.3 is 15.5 Å². The second-order valence-electron chi connectivity index (χ2n) is 8.41. The molecule has 168 valence electrons. The fourth-order valence-electron chi connectivity index (χ4n) is 3.92. The number of anilines is 2. The van der Waals surface area contributed by atoms with E-state index < -0.39 is 5.92 Å². The van der Waals surface area contributed by atoms with Gasteiger partial charge in [-0.1, -0.05) is 42.5 Å². The SMILES string of the molecule is Cc1ccc(CNC(=O)[C@@H]2CC(=O)N(c3cccc(C(=O)Nc4ccccc4)c3)C2)cc1C. The molecule has 0 unspecified atom stereocenters. The third-order valence-corrected chi connectivity index (χ3v) is 5.99. The molecule has 0 aromatic heterocycles. The highest BCUT2D eigenvalue weighted by atomic mass is 16.2. The van der Waals surface area contributed by atoms with Crippen LogP contribution >= 0.6 is 0 Å². The van der Waals surface area contributed by atoms with E-state index in [9.17, 15) is 14.4 Å². The maximum Gasteiger partial charge on any atom is 0.255 e. The van der Waals surface area contributed by atoms with E-state index in [1.807, 2.05) is 49.4 Å². The molecule has 0 spiro atoms. The number of nitrogens with zero attached hydrogens (tertiary/aromatic N) is 1. The van der Waals surface area contributed by atoms with Crippen molar-refractivity contribution in [3.63, 3.8) is 0 Å². The van der Waals surface area contributed by atoms with Crippen LogP contribution in [-0.4, -0.2) is 24.3 Å². The largest absolute Gasteiger partial charge is 0.352 e. The molecule has 3 aromatic rings. The minimum atomic E-state index is -0.425. The van der Waals surface area contributed by atoms with E-state index in [-0.39, 0.29) is 24.1 Å². The fourth-order valence-corrected chi connectivity index (χ4v) is 3.92. The quantitative estimate of drug-likeness (QED) is 0.601. The highest BCUT2D eigenvalue weighted by molar-refractivity contribution is 6.06. The van der Waals surface area contributed by atoms with Crippen LogP contribution in [0, 0.1) is 19.8 Å². The Kier molecular flexibility index (Phi) is 6.54. The Morgan fingerprint density at radius 1 is 0.939 bits per heavy atom. The summed E-state index contributed by atoms with van der Waals surface area (Å²) in [5.74, 6) is -0.938. The van der Waals surface area contributed by atoms with Crippen molar-refractivity contribution in [2.24, 2.45) is 5.92 Å². The van der Waals surface area contributed by atoms with Crippen LogP contribution in [0.5, 0.6) is 0 Å². The number of hydrogen-bond donors (Lipinski definition) is 2. The second kappa shape index (κ2) is 9.69. The number of benzene rings is 3. The molecule has 3 aromatic carbocycles. The van der Waals surface area contributed by atoms with Crippen LogP contribution in [0.4, 0.5) is 11.4 Å². The van der Waals surface area contributed by atoms with Gasteiger partial charge in [0.2, 0.25) is 11.8 Å². The van der Waals surface area contributed by atoms with E-state index in [0.29, 0.717) is 30.0 Å². The van der Waals surface area contributed by atoms with Crippen molar-refractivity contribution in [2.45, 2.75) is 26.8 Å². The Labute approximate surface area is 193 Å². The normalized spacial score (nSPS) is 15.4. The van der Waals surface area contributed by atoms with Gasteiger partial charge in [-0.25, -0.2) is 0 Å². The van der Waals surface area contributed by atoms with Crippen molar-refractivity contribution in [3.05, 3.63) is 95.1 Å². The number of nitrogens with one attached hydrogen (secondary N) is 2. The van der Waals surface area contributed by atoms with Crippen molar-refractivity contribution in [3.8, 4) is 0 Å². The van der Waals surface area contributed by atoms with Gasteiger partial charge >= 0.3 is 0 Å². The zero-order valence-corrected chi connectivity index (χ0v) is 18.8. The van der Waals surface area contributed by atoms with Crippen molar-refractivity contribution < 1.29 is 14.4 Å². The highest BCUT2D eigenvalue weighted by Crippen LogP contribution is 2.26. The monoisotopic (exact) mass is 441 g/mol. The summed E-state index contributed by atoms with van der Waals surface area (Å²) >= 11 is 0. The Bertz CT molecular complexity index is 1190. The van der Waals surface area contributed by atoms with Crippen LogP contribution in [0.2, 0.25) is 0 Å². The van der Waals surface area contributed by atoms with Crippen LogP contribution in [0.25, 0.3) is 0 Å². The molecule has 6 heteroatoms. The zero-order chi connectivity index (χ0) is 23.4. The Morgan fingerprint density at radius 3 is 2.48 bits per heavy atom. The zero-order valence-electron chi connectivity index (χ0n) is 18.8. The number of carbonyl (C=O) groups excluding carboxylic acids is 3. The maximum atomic E-state index is 12.7. The lowest BCUT2D eigenvalue weighted by Crippen LogP contribution is -2.32. The number of rotatable bonds is 6. The molecule has 33 heavy (non-hydrogen) atoms. The molecule has 0 radical (unpaired) electrons. The third kappa shape index (κ3) is 5.29. The lowest BCUT2D eigenvalue weighted by Gasteiger charge is -2.18. The number of hydrogen-bond acceptors (Lipinski definition) is 3. The maximum absolute atomic E-state index is 12.7. The molecule has 1 heterocycles. The van der Waals surface area contributed by atoms with Gasteiger partial charge in [-0.3, -0.25) is 14.4 Å². The number of aryl methyl sites for hydroxylation is 2. The molecule has 0 saturated carbocycles. The lowest BCUT2D eigenvalue weighted by atomic mass is 10.1. The summed E-state index contributed by atoms with van der Waals surface area (Å²) in [6.07, 6.45) is 0.152. The smallest absolute Gasteiger partial charge is 0.255 e. The third-order valence-electron chi connectivity index (χ3n) is 5.99. The summed E-state index contributed by atoms with van der Waals surface area (Å²) in [4.78, 5) is 39.6. The first-order chi connectivity index (χ1) is 15.9. The molecule has 3 amide bonds. The first-order valence-corrected chi connectivity index (χ1v) is 11.0. The Hall–Kier alpha value is -3.93. The van der Waals surface area contributed by atoms with Crippen molar-refractivity contribution >= 4 is 29.1 Å². The standard InChI is InChI=1S/C27H27N3O3/c1-18-11-12-20(13-19(18)2)16-28-26(32)22-15-25(31)30(17-22)24-10-6-7-21(14-24)27(33)29-23-8-4-3-5-9-23/h3-14,22H,15-17H2,1-2H3,(H,28,32)(H,29,33)/t22-/m1/s1. The van der Waals surface area contributed by atoms with E-state index in [4.69, 9.17) is 0 Å². The average Bonchev–Trinajstić information content (AvgIpc) is 3.22. The van der Waals surface area contributed by atoms with Gasteiger partial charge in [0.15, 0.2) is 0 Å². The molecule has 4 rings (SSSR count). The van der Waals surface area contributed by atoms with Crippen LogP contribution in [0.1, 0.15) is 33.5 Å². The van der Waals surface area contributed by atoms with Gasteiger partial charge in [0.25, 0.3) is 5.91 Å². The molecule has 1 aliphatic rings. The second-order valence-corrected chi connectivity index (χ2v) is 8.41. The number of para-hydroxylation sites is 1. The van der Waals surface area contributed by atoms with Crippen LogP contribution in [0.15, 0.2) is 72.8 Å². The summed E-state index contributed by atoms with van der Waals surface area (Å²) < 4.78 is 0. The Balaban J connectivity index is 1.39. The van der Waals surface area contributed by atoms with Gasteiger partial charge in [0, 0.05) is 36.4 Å². The van der Waals surface area contributed by atoms with Crippen LogP contribution < -0.4 is 15.5 Å². The van der Waals surface area contributed by atoms with E-state index in [1.165, 1.54) is 11.1 Å². The van der Waals surface area contributed by atoms with E-state index in [0.717, 1.165) is 5.56 Å². The predicted molar refractivity (Wildman–Crippen MR) is 129 cm³/mol. The molecular weight excluding hydrogens is 414 g/mol. The molecule has 1 fully saturated rings. The summed E-state index contributed by atoms with van der Waals surface area (Å²) in [6, 6.07) is 22.2. The molecule has 1 saturated heterocycles. The summed E-state index contributed by atoms with van der Waals surface area (Å²) in [7, 11) is 0. The number of carbonyl (C=O) groups is 3. The molecular formula is C27H27N3O3. The van der Waals surface area contributed by atoms with Crippen molar-refractivity contribution in [2.75, 3.05) is 16.8 Å². The molecule has 6 nitrogen and oxygen atoms in total. The summed E-state index contributed by atoms with van der Waals surface area (Å²) in [5.41, 5.74) is 5.19. The van der Waals surface area contributed by atoms with Crippen molar-refractivity contribution in [1.29, 1.82) is 0 Å². The van der Waals surface area contributed by atoms with E-state index >= 15 is 0 Å². The van der Waals surface area contributed by atoms with Crippen LogP contribution in [-0.2, 0) is 16.1 Å². The fraction of sp³-hybridized carbons (Fsp3) is 0.222. The van der Waals surface area contributed by atoms with Gasteiger partial charge in [-0.2, -0.15) is 0 Å². The van der Waals surface area contributed by atoms with E-state index in [1.54, 1.807) is 29.2 Å². The van der Waals surface area contributed by atoms with Gasteiger partial charge in [0.1, 0.15) is 0 Å². The lowest BCUT2D eigenvalue weighted by molar-refractivity contribution is -0.126. The van der Waals surface area contributed by atoms with Crippen molar-refractivity contribution in [1.82, 2.24) is 5.32 Å². The molecule has 0 bridgehead atoms. The minimum Gasteiger partial charge on any atom is -0.352 e. The Morgan fingerprint density at radius 2 is 1.73 bits per heavy atom. The van der Waals surface area contributed by atoms with Gasteiger partial charge in [-0.15, -0.1) is 0 Å². The number of amides is 3. The minimum absolute atomic E-state index is 0.123. The van der Waals surface area contributed by atoms with Gasteiger partial charge in [0.05, 0.1) is 5.92 Å². The molecule has 1 atom stereocenters. The predicted octanol–water partition coefficient (Wildman–Crippen LogP) is 4.23. The van der Waals surface area contributed by atoms with E-state index in [2.05, 4.69) is 23.6 Å². The first kappa shape index (κ1) is 22.3. The van der Waals surface area contributed by atoms with Crippen LogP contribution in [0.3, 0.4) is 0 Å². The van der Waals surface area contributed by atoms with Gasteiger partial charge in [-0.05, 0) is 60.9 Å². The molecule has 0 aliphatic carbocycles. The summed E-state index contributed by atoms with van der Waals surface area (Å²) in [5, 5.41) is 5.80. The highest BCUT2D eigenvalue weighted by Gasteiger charge is 2.35. The molecule has 1 aliphatic heterocycles. The summed E-state index contributed by atoms with van der Waals surface area (Å²) in [6.45, 7) is 4.82. The molecule has 2 N–H and O–H groups in total.